The number of nitrogens with two attached hydrogens (primary N) is 1. The van der Waals surface area contributed by atoms with Crippen molar-refractivity contribution in [2.75, 3.05) is 19.0 Å². The van der Waals surface area contributed by atoms with Gasteiger partial charge in [-0.15, -0.1) is 10.2 Å². The standard InChI is InChI=1S/C25H22FN9O5/c1-13(36)40-17-6-3-5-15(23(28)29)21(17)31-22(16-11-14(38-2)12-18(20(16)26)39-10-8-27)24-32-25(37)35(34-24)19-7-4-9-30-33-19/h3-7,9,11-12,22,31H,10H2,1-2H3,(H3,28,29)(H,32,34,37)/t22-/m0/s1. The molecule has 2 heterocycles. The lowest BCUT2D eigenvalue weighted by molar-refractivity contribution is -0.131. The number of amidine groups is 1. The number of hydrogen-bond donors (Lipinski definition) is 4. The number of nitrogens with zero attached hydrogens (tertiary/aromatic N) is 5. The Hall–Kier alpha value is -5.78. The number of nitrogens with one attached hydrogen (secondary N) is 3. The molecule has 2 aromatic carbocycles. The summed E-state index contributed by atoms with van der Waals surface area (Å²) in [7, 11) is 1.35. The SMILES string of the molecule is COc1cc(OCC#N)c(F)c([C@H](Nc2c(OC(C)=O)cccc2C(=N)N)c2nn(-c3cccnn3)c(=O)[nH]2)c1. The smallest absolute Gasteiger partial charge is 0.349 e. The summed E-state index contributed by atoms with van der Waals surface area (Å²) in [5.41, 5.74) is 5.08. The Morgan fingerprint density at radius 3 is 2.75 bits per heavy atom. The molecule has 4 aromatic rings. The van der Waals surface area contributed by atoms with Gasteiger partial charge in [-0.1, -0.05) is 6.07 Å². The first-order valence-corrected chi connectivity index (χ1v) is 11.5. The molecule has 14 nitrogen and oxygen atoms in total. The molecular weight excluding hydrogens is 525 g/mol. The van der Waals surface area contributed by atoms with Crippen molar-refractivity contribution >= 4 is 17.5 Å². The first-order valence-electron chi connectivity index (χ1n) is 11.5. The summed E-state index contributed by atoms with van der Waals surface area (Å²) >= 11 is 0. The minimum absolute atomic E-state index is 0.0230. The van der Waals surface area contributed by atoms with Gasteiger partial charge in [0.25, 0.3) is 0 Å². The van der Waals surface area contributed by atoms with E-state index >= 15 is 4.39 Å². The van der Waals surface area contributed by atoms with Crippen LogP contribution in [-0.2, 0) is 4.79 Å². The zero-order valence-corrected chi connectivity index (χ0v) is 21.1. The highest BCUT2D eigenvalue weighted by Gasteiger charge is 2.29. The Kier molecular flexibility index (Phi) is 7.99. The molecule has 0 fully saturated rings. The largest absolute Gasteiger partial charge is 0.497 e. The molecule has 40 heavy (non-hydrogen) atoms. The third-order valence-electron chi connectivity index (χ3n) is 5.42. The number of methoxy groups -OCH3 is 1. The second-order valence-electron chi connectivity index (χ2n) is 8.05. The Bertz CT molecular complexity index is 1660. The van der Waals surface area contributed by atoms with Gasteiger partial charge < -0.3 is 25.3 Å². The summed E-state index contributed by atoms with van der Waals surface area (Å²) in [6.07, 6.45) is 1.41. The Morgan fingerprint density at radius 2 is 2.10 bits per heavy atom. The molecule has 5 N–H and O–H groups in total. The molecule has 0 unspecified atom stereocenters. The van der Waals surface area contributed by atoms with Crippen LogP contribution in [0.2, 0.25) is 0 Å². The van der Waals surface area contributed by atoms with Crippen LogP contribution < -0.4 is 31.0 Å². The van der Waals surface area contributed by atoms with Crippen molar-refractivity contribution in [3.63, 3.8) is 0 Å². The highest BCUT2D eigenvalue weighted by atomic mass is 19.1. The van der Waals surface area contributed by atoms with E-state index in [0.29, 0.717) is 0 Å². The minimum atomic E-state index is -1.32. The molecule has 0 bridgehead atoms. The topological polar surface area (TPSA) is 207 Å². The van der Waals surface area contributed by atoms with Crippen LogP contribution in [0.1, 0.15) is 29.9 Å². The summed E-state index contributed by atoms with van der Waals surface area (Å²) in [4.78, 5) is 27.3. The van der Waals surface area contributed by atoms with Crippen molar-refractivity contribution in [1.29, 1.82) is 10.7 Å². The fraction of sp³-hybridized carbons (Fsp3) is 0.160. The number of ether oxygens (including phenoxy) is 3. The molecule has 0 spiro atoms. The van der Waals surface area contributed by atoms with Crippen LogP contribution >= 0.6 is 0 Å². The quantitative estimate of drug-likeness (QED) is 0.0974. The highest BCUT2D eigenvalue weighted by molar-refractivity contribution is 6.02. The number of carbonyl (C=O) groups excluding carboxylic acids is 1. The number of halogens is 1. The van der Waals surface area contributed by atoms with Crippen LogP contribution in [0.5, 0.6) is 17.2 Å². The van der Waals surface area contributed by atoms with E-state index in [0.717, 1.165) is 4.68 Å². The molecular formula is C25H22FN9O5. The van der Waals surface area contributed by atoms with Crippen molar-refractivity contribution in [3.05, 3.63) is 81.9 Å². The normalized spacial score (nSPS) is 11.2. The summed E-state index contributed by atoms with van der Waals surface area (Å²) < 4.78 is 32.7. The first-order chi connectivity index (χ1) is 19.2. The number of nitrogen functional groups attached to an aromatic ring is 1. The van der Waals surface area contributed by atoms with Gasteiger partial charge in [-0.05, 0) is 30.3 Å². The van der Waals surface area contributed by atoms with E-state index in [1.807, 2.05) is 0 Å². The van der Waals surface area contributed by atoms with Crippen LogP contribution in [-0.4, -0.2) is 50.5 Å². The van der Waals surface area contributed by atoms with Crippen LogP contribution in [0.4, 0.5) is 10.1 Å². The lowest BCUT2D eigenvalue weighted by Crippen LogP contribution is -2.21. The van der Waals surface area contributed by atoms with E-state index in [4.69, 9.17) is 30.6 Å². The van der Waals surface area contributed by atoms with Gasteiger partial charge in [0.05, 0.1) is 12.8 Å². The fourth-order valence-corrected chi connectivity index (χ4v) is 3.75. The molecule has 0 aliphatic carbocycles. The summed E-state index contributed by atoms with van der Waals surface area (Å²) in [5, 5.41) is 31.9. The number of carbonyl (C=O) groups is 1. The monoisotopic (exact) mass is 547 g/mol. The van der Waals surface area contributed by atoms with Crippen LogP contribution in [0.3, 0.4) is 0 Å². The molecule has 0 saturated heterocycles. The van der Waals surface area contributed by atoms with Gasteiger partial charge in [0.1, 0.15) is 23.7 Å². The van der Waals surface area contributed by atoms with Gasteiger partial charge in [0.15, 0.2) is 35.6 Å². The number of nitriles is 1. The van der Waals surface area contributed by atoms with E-state index in [1.54, 1.807) is 12.1 Å². The van der Waals surface area contributed by atoms with Crippen molar-refractivity contribution < 1.29 is 23.4 Å². The average molecular weight is 548 g/mol. The molecule has 0 amide bonds. The van der Waals surface area contributed by atoms with E-state index in [9.17, 15) is 9.59 Å². The van der Waals surface area contributed by atoms with Gasteiger partial charge in [0.2, 0.25) is 0 Å². The van der Waals surface area contributed by atoms with Crippen molar-refractivity contribution in [3.8, 4) is 29.1 Å². The number of aromatic amines is 1. The van der Waals surface area contributed by atoms with Gasteiger partial charge in [-0.25, -0.2) is 9.18 Å². The molecule has 15 heteroatoms. The Morgan fingerprint density at radius 1 is 1.30 bits per heavy atom. The van der Waals surface area contributed by atoms with E-state index in [-0.39, 0.29) is 45.7 Å². The van der Waals surface area contributed by atoms with E-state index < -0.39 is 36.0 Å². The molecule has 204 valence electrons. The number of H-pyrrole nitrogens is 1. The predicted octanol–water partition coefficient (Wildman–Crippen LogP) is 1.81. The maximum absolute atomic E-state index is 15.9. The maximum atomic E-state index is 15.9. The zero-order chi connectivity index (χ0) is 28.8. The average Bonchev–Trinajstić information content (AvgIpc) is 3.33. The molecule has 0 aliphatic rings. The first kappa shape index (κ1) is 27.3. The number of anilines is 1. The number of esters is 1. The van der Waals surface area contributed by atoms with Crippen LogP contribution in [0.25, 0.3) is 5.82 Å². The van der Waals surface area contributed by atoms with E-state index in [1.165, 1.54) is 56.6 Å². The van der Waals surface area contributed by atoms with Crippen molar-refractivity contribution in [2.45, 2.75) is 13.0 Å². The highest BCUT2D eigenvalue weighted by Crippen LogP contribution is 2.38. The zero-order valence-electron chi connectivity index (χ0n) is 21.1. The minimum Gasteiger partial charge on any atom is -0.497 e. The lowest BCUT2D eigenvalue weighted by Gasteiger charge is -2.23. The van der Waals surface area contributed by atoms with Gasteiger partial charge >= 0.3 is 11.7 Å². The second kappa shape index (κ2) is 11.7. The molecule has 0 aliphatic heterocycles. The summed E-state index contributed by atoms with van der Waals surface area (Å²) in [5.74, 6) is -2.16. The van der Waals surface area contributed by atoms with Gasteiger partial charge in [-0.3, -0.25) is 15.2 Å². The summed E-state index contributed by atoms with van der Waals surface area (Å²) in [6.45, 7) is 0.728. The number of aromatic nitrogens is 5. The number of benzene rings is 2. The fourth-order valence-electron chi connectivity index (χ4n) is 3.75. The second-order valence-corrected chi connectivity index (χ2v) is 8.05. The van der Waals surface area contributed by atoms with Crippen molar-refractivity contribution in [2.24, 2.45) is 5.73 Å². The summed E-state index contributed by atoms with van der Waals surface area (Å²) in [6, 6.07) is 10.5. The lowest BCUT2D eigenvalue weighted by atomic mass is 10.0. The van der Waals surface area contributed by atoms with Gasteiger partial charge in [0, 0.05) is 30.3 Å². The third kappa shape index (κ3) is 5.70. The Balaban J connectivity index is 1.96. The number of rotatable bonds is 10. The number of hydrogen-bond acceptors (Lipinski definition) is 11. The molecule has 0 radical (unpaired) electrons. The van der Waals surface area contributed by atoms with E-state index in [2.05, 4.69) is 25.6 Å². The molecule has 1 atom stereocenters. The van der Waals surface area contributed by atoms with Crippen molar-refractivity contribution in [1.82, 2.24) is 25.0 Å². The molecule has 0 saturated carbocycles. The van der Waals surface area contributed by atoms with Crippen LogP contribution in [0.15, 0.2) is 53.5 Å². The number of para-hydroxylation sites is 1. The molecule has 2 aromatic heterocycles. The van der Waals surface area contributed by atoms with Gasteiger partial charge in [-0.2, -0.15) is 15.0 Å². The molecule has 4 rings (SSSR count). The van der Waals surface area contributed by atoms with Crippen LogP contribution in [0, 0.1) is 22.6 Å². The maximum Gasteiger partial charge on any atom is 0.349 e. The predicted molar refractivity (Wildman–Crippen MR) is 138 cm³/mol. The Labute approximate surface area is 225 Å². The third-order valence-corrected chi connectivity index (χ3v) is 5.42.